The SMILES string of the molecule is CC(C)c1nc(N[C@@H](C)c2ccccc2)c2c(n1)C(=O)NCC2. The Hall–Kier alpha value is -2.43. The first-order valence-electron chi connectivity index (χ1n) is 8.06. The Balaban J connectivity index is 1.99. The van der Waals surface area contributed by atoms with Gasteiger partial charge in [-0.25, -0.2) is 9.97 Å². The van der Waals surface area contributed by atoms with Crippen molar-refractivity contribution in [3.05, 3.63) is 53.0 Å². The van der Waals surface area contributed by atoms with Crippen molar-refractivity contribution < 1.29 is 4.79 Å². The summed E-state index contributed by atoms with van der Waals surface area (Å²) >= 11 is 0. The molecular formula is C18H22N4O. The monoisotopic (exact) mass is 310 g/mol. The Morgan fingerprint density at radius 3 is 2.57 bits per heavy atom. The van der Waals surface area contributed by atoms with Crippen LogP contribution in [0.5, 0.6) is 0 Å². The van der Waals surface area contributed by atoms with E-state index in [9.17, 15) is 4.79 Å². The van der Waals surface area contributed by atoms with Crippen LogP contribution in [0.4, 0.5) is 5.82 Å². The molecule has 0 bridgehead atoms. The number of fused-ring (bicyclic) bond motifs is 1. The van der Waals surface area contributed by atoms with Crippen LogP contribution < -0.4 is 10.6 Å². The quantitative estimate of drug-likeness (QED) is 0.911. The molecule has 1 aromatic carbocycles. The summed E-state index contributed by atoms with van der Waals surface area (Å²) < 4.78 is 0. The molecule has 0 spiro atoms. The number of aromatic nitrogens is 2. The number of hydrogen-bond acceptors (Lipinski definition) is 4. The van der Waals surface area contributed by atoms with Gasteiger partial charge < -0.3 is 10.6 Å². The number of rotatable bonds is 4. The van der Waals surface area contributed by atoms with Crippen LogP contribution in [-0.2, 0) is 6.42 Å². The van der Waals surface area contributed by atoms with Gasteiger partial charge in [0.25, 0.3) is 5.91 Å². The van der Waals surface area contributed by atoms with E-state index in [1.54, 1.807) is 0 Å². The normalized spacial score (nSPS) is 15.0. The number of anilines is 1. The van der Waals surface area contributed by atoms with E-state index in [4.69, 9.17) is 0 Å². The molecule has 0 unspecified atom stereocenters. The van der Waals surface area contributed by atoms with Crippen molar-refractivity contribution in [3.63, 3.8) is 0 Å². The summed E-state index contributed by atoms with van der Waals surface area (Å²) in [5, 5.41) is 6.33. The lowest BCUT2D eigenvalue weighted by molar-refractivity contribution is 0.0940. The van der Waals surface area contributed by atoms with Gasteiger partial charge in [-0.15, -0.1) is 0 Å². The Kier molecular flexibility index (Phi) is 4.28. The predicted octanol–water partition coefficient (Wildman–Crippen LogP) is 3.06. The van der Waals surface area contributed by atoms with E-state index >= 15 is 0 Å². The van der Waals surface area contributed by atoms with Crippen LogP contribution in [0, 0.1) is 0 Å². The Morgan fingerprint density at radius 1 is 1.13 bits per heavy atom. The van der Waals surface area contributed by atoms with E-state index in [1.807, 2.05) is 32.0 Å². The average Bonchev–Trinajstić information content (AvgIpc) is 2.56. The molecule has 120 valence electrons. The molecule has 0 saturated heterocycles. The predicted molar refractivity (Wildman–Crippen MR) is 90.6 cm³/mol. The molecule has 1 atom stereocenters. The summed E-state index contributed by atoms with van der Waals surface area (Å²) in [5.41, 5.74) is 2.62. The standard InChI is InChI=1S/C18H22N4O/c1-11(2)16-21-15-14(9-10-19-18(15)23)17(22-16)20-12(3)13-7-5-4-6-8-13/h4-8,11-12H,9-10H2,1-3H3,(H,19,23)(H,20,21,22)/t12-/m0/s1. The summed E-state index contributed by atoms with van der Waals surface area (Å²) in [7, 11) is 0. The lowest BCUT2D eigenvalue weighted by atomic mass is 10.0. The zero-order valence-electron chi connectivity index (χ0n) is 13.8. The second-order valence-corrected chi connectivity index (χ2v) is 6.19. The summed E-state index contributed by atoms with van der Waals surface area (Å²) in [5.74, 6) is 1.54. The van der Waals surface area contributed by atoms with Crippen LogP contribution in [-0.4, -0.2) is 22.4 Å². The molecule has 0 saturated carbocycles. The van der Waals surface area contributed by atoms with Crippen molar-refractivity contribution in [1.82, 2.24) is 15.3 Å². The number of carbonyl (C=O) groups is 1. The number of carbonyl (C=O) groups excluding carboxylic acids is 1. The highest BCUT2D eigenvalue weighted by Gasteiger charge is 2.25. The van der Waals surface area contributed by atoms with E-state index in [0.717, 1.165) is 17.8 Å². The topological polar surface area (TPSA) is 66.9 Å². The number of hydrogen-bond donors (Lipinski definition) is 2. The largest absolute Gasteiger partial charge is 0.363 e. The molecule has 2 aromatic rings. The van der Waals surface area contributed by atoms with Crippen molar-refractivity contribution in [2.24, 2.45) is 0 Å². The molecule has 1 aliphatic rings. The molecule has 1 aromatic heterocycles. The van der Waals surface area contributed by atoms with Crippen molar-refractivity contribution in [2.75, 3.05) is 11.9 Å². The average molecular weight is 310 g/mol. The molecule has 1 amide bonds. The second kappa shape index (κ2) is 6.36. The van der Waals surface area contributed by atoms with E-state index in [0.29, 0.717) is 18.1 Å². The third-order valence-electron chi connectivity index (χ3n) is 4.07. The van der Waals surface area contributed by atoms with Crippen LogP contribution in [0.25, 0.3) is 0 Å². The van der Waals surface area contributed by atoms with Gasteiger partial charge in [0, 0.05) is 24.1 Å². The van der Waals surface area contributed by atoms with Crippen LogP contribution in [0.3, 0.4) is 0 Å². The lowest BCUT2D eigenvalue weighted by Gasteiger charge is -2.23. The minimum absolute atomic E-state index is 0.106. The fourth-order valence-electron chi connectivity index (χ4n) is 2.72. The smallest absolute Gasteiger partial charge is 0.270 e. The molecule has 1 aliphatic heterocycles. The number of nitrogens with zero attached hydrogens (tertiary/aromatic N) is 2. The maximum Gasteiger partial charge on any atom is 0.270 e. The van der Waals surface area contributed by atoms with Crippen molar-refractivity contribution in [2.45, 2.75) is 39.2 Å². The Labute approximate surface area is 136 Å². The van der Waals surface area contributed by atoms with Crippen molar-refractivity contribution in [1.29, 1.82) is 0 Å². The van der Waals surface area contributed by atoms with E-state index < -0.39 is 0 Å². The molecular weight excluding hydrogens is 288 g/mol. The number of benzene rings is 1. The Bertz CT molecular complexity index is 712. The molecule has 0 radical (unpaired) electrons. The fraction of sp³-hybridized carbons (Fsp3) is 0.389. The van der Waals surface area contributed by atoms with Crippen molar-refractivity contribution in [3.8, 4) is 0 Å². The van der Waals surface area contributed by atoms with Gasteiger partial charge in [-0.3, -0.25) is 4.79 Å². The van der Waals surface area contributed by atoms with Gasteiger partial charge in [0.15, 0.2) is 0 Å². The maximum atomic E-state index is 12.1. The highest BCUT2D eigenvalue weighted by molar-refractivity contribution is 5.96. The molecule has 2 N–H and O–H groups in total. The summed E-state index contributed by atoms with van der Waals surface area (Å²) in [6.45, 7) is 6.80. The molecule has 23 heavy (non-hydrogen) atoms. The van der Waals surface area contributed by atoms with E-state index in [2.05, 4.69) is 39.7 Å². The van der Waals surface area contributed by atoms with Gasteiger partial charge in [0.05, 0.1) is 0 Å². The van der Waals surface area contributed by atoms with E-state index in [1.165, 1.54) is 5.56 Å². The summed E-state index contributed by atoms with van der Waals surface area (Å²) in [6.07, 6.45) is 0.753. The van der Waals surface area contributed by atoms with Gasteiger partial charge in [-0.2, -0.15) is 0 Å². The van der Waals surface area contributed by atoms with Gasteiger partial charge in [0.2, 0.25) is 0 Å². The van der Waals surface area contributed by atoms with Crippen molar-refractivity contribution >= 4 is 11.7 Å². The third kappa shape index (κ3) is 3.18. The molecule has 0 fully saturated rings. The summed E-state index contributed by atoms with van der Waals surface area (Å²) in [4.78, 5) is 21.3. The zero-order valence-corrected chi connectivity index (χ0v) is 13.8. The highest BCUT2D eigenvalue weighted by Crippen LogP contribution is 2.26. The molecule has 5 nitrogen and oxygen atoms in total. The minimum atomic E-state index is -0.106. The molecule has 0 aliphatic carbocycles. The van der Waals surface area contributed by atoms with Gasteiger partial charge in [0.1, 0.15) is 17.3 Å². The number of amides is 1. The Morgan fingerprint density at radius 2 is 1.87 bits per heavy atom. The maximum absolute atomic E-state index is 12.1. The lowest BCUT2D eigenvalue weighted by Crippen LogP contribution is -2.34. The van der Waals surface area contributed by atoms with Crippen LogP contribution in [0.1, 0.15) is 60.2 Å². The first kappa shape index (κ1) is 15.5. The number of nitrogens with one attached hydrogen (secondary N) is 2. The molecule has 2 heterocycles. The van der Waals surface area contributed by atoms with Gasteiger partial charge >= 0.3 is 0 Å². The van der Waals surface area contributed by atoms with Crippen LogP contribution in [0.15, 0.2) is 30.3 Å². The highest BCUT2D eigenvalue weighted by atomic mass is 16.1. The minimum Gasteiger partial charge on any atom is -0.363 e. The fourth-order valence-corrected chi connectivity index (χ4v) is 2.72. The van der Waals surface area contributed by atoms with Crippen LogP contribution in [0.2, 0.25) is 0 Å². The molecule has 5 heteroatoms. The first-order valence-corrected chi connectivity index (χ1v) is 8.06. The first-order chi connectivity index (χ1) is 11.1. The zero-order chi connectivity index (χ0) is 16.4. The third-order valence-corrected chi connectivity index (χ3v) is 4.07. The van der Waals surface area contributed by atoms with Gasteiger partial charge in [-0.05, 0) is 18.9 Å². The second-order valence-electron chi connectivity index (χ2n) is 6.19. The van der Waals surface area contributed by atoms with E-state index in [-0.39, 0.29) is 17.9 Å². The van der Waals surface area contributed by atoms with Gasteiger partial charge in [-0.1, -0.05) is 44.2 Å². The summed E-state index contributed by atoms with van der Waals surface area (Å²) in [6, 6.07) is 10.3. The molecule has 3 rings (SSSR count). The van der Waals surface area contributed by atoms with Crippen LogP contribution >= 0.6 is 0 Å².